The first-order valence-corrected chi connectivity index (χ1v) is 6.86. The zero-order chi connectivity index (χ0) is 13.9. The van der Waals surface area contributed by atoms with E-state index in [0.29, 0.717) is 5.75 Å². The topological polar surface area (TPSA) is 78.6 Å². The molecule has 20 heavy (non-hydrogen) atoms. The van der Waals surface area contributed by atoms with Crippen molar-refractivity contribution in [1.82, 2.24) is 29.7 Å². The zero-order valence-corrected chi connectivity index (χ0v) is 12.7. The molecule has 0 saturated heterocycles. The molecule has 0 radical (unpaired) electrons. The first-order valence-electron chi connectivity index (χ1n) is 5.41. The SMILES string of the molecule is Clc1nc(Oc2ccc(I)cc2)nc(-n2cncn2)n1. The van der Waals surface area contributed by atoms with Crippen LogP contribution in [0.3, 0.4) is 0 Å². The van der Waals surface area contributed by atoms with Crippen molar-refractivity contribution in [1.29, 1.82) is 0 Å². The summed E-state index contributed by atoms with van der Waals surface area (Å²) in [6, 6.07) is 7.55. The molecule has 0 saturated carbocycles. The van der Waals surface area contributed by atoms with Crippen LogP contribution >= 0.6 is 34.2 Å². The molecule has 0 aliphatic carbocycles. The summed E-state index contributed by atoms with van der Waals surface area (Å²) in [5.41, 5.74) is 0. The quantitative estimate of drug-likeness (QED) is 0.629. The summed E-state index contributed by atoms with van der Waals surface area (Å²) in [5, 5.41) is 3.94. The normalized spacial score (nSPS) is 10.5. The second kappa shape index (κ2) is 5.67. The molecular weight excluding hydrogens is 395 g/mol. The van der Waals surface area contributed by atoms with E-state index in [1.807, 2.05) is 24.3 Å². The Morgan fingerprint density at radius 2 is 1.90 bits per heavy atom. The summed E-state index contributed by atoms with van der Waals surface area (Å²) in [7, 11) is 0. The molecule has 0 N–H and O–H groups in total. The molecule has 0 aliphatic heterocycles. The van der Waals surface area contributed by atoms with Gasteiger partial charge in [-0.15, -0.1) is 0 Å². The summed E-state index contributed by atoms with van der Waals surface area (Å²) in [5.74, 6) is 0.847. The van der Waals surface area contributed by atoms with Crippen LogP contribution in [0.25, 0.3) is 5.95 Å². The van der Waals surface area contributed by atoms with Crippen LogP contribution in [0.15, 0.2) is 36.9 Å². The number of halogens is 2. The van der Waals surface area contributed by atoms with Crippen molar-refractivity contribution in [2.45, 2.75) is 0 Å². The summed E-state index contributed by atoms with van der Waals surface area (Å²) in [6.45, 7) is 0. The fourth-order valence-electron chi connectivity index (χ4n) is 1.39. The number of aromatic nitrogens is 6. The zero-order valence-electron chi connectivity index (χ0n) is 9.81. The largest absolute Gasteiger partial charge is 0.424 e. The Morgan fingerprint density at radius 3 is 2.60 bits per heavy atom. The predicted octanol–water partition coefficient (Wildman–Crippen LogP) is 2.50. The van der Waals surface area contributed by atoms with Crippen LogP contribution < -0.4 is 4.74 Å². The maximum Gasteiger partial charge on any atom is 0.328 e. The molecule has 100 valence electrons. The lowest BCUT2D eigenvalue weighted by Crippen LogP contribution is -2.05. The van der Waals surface area contributed by atoms with Gasteiger partial charge in [0.2, 0.25) is 5.28 Å². The van der Waals surface area contributed by atoms with E-state index in [1.54, 1.807) is 0 Å². The third-order valence-electron chi connectivity index (χ3n) is 2.22. The van der Waals surface area contributed by atoms with E-state index in [4.69, 9.17) is 16.3 Å². The van der Waals surface area contributed by atoms with Crippen molar-refractivity contribution in [3.8, 4) is 17.7 Å². The van der Waals surface area contributed by atoms with Crippen molar-refractivity contribution in [2.75, 3.05) is 0 Å². The predicted molar refractivity (Wildman–Crippen MR) is 79.0 cm³/mol. The molecular formula is C11H6ClIN6O. The van der Waals surface area contributed by atoms with Gasteiger partial charge in [0.1, 0.15) is 18.4 Å². The van der Waals surface area contributed by atoms with Crippen molar-refractivity contribution < 1.29 is 4.74 Å². The Balaban J connectivity index is 1.92. The van der Waals surface area contributed by atoms with E-state index in [2.05, 4.69) is 47.6 Å². The lowest BCUT2D eigenvalue weighted by molar-refractivity contribution is 0.437. The summed E-state index contributed by atoms with van der Waals surface area (Å²) < 4.78 is 8.01. The summed E-state index contributed by atoms with van der Waals surface area (Å²) in [6.07, 6.45) is 2.83. The van der Waals surface area contributed by atoms with E-state index in [0.717, 1.165) is 3.57 Å². The van der Waals surface area contributed by atoms with Gasteiger partial charge in [-0.25, -0.2) is 4.98 Å². The van der Waals surface area contributed by atoms with Gasteiger partial charge in [0, 0.05) is 3.57 Å². The third-order valence-corrected chi connectivity index (χ3v) is 3.11. The van der Waals surface area contributed by atoms with Gasteiger partial charge < -0.3 is 4.74 Å². The average Bonchev–Trinajstić information content (AvgIpc) is 2.95. The molecule has 7 nitrogen and oxygen atoms in total. The first kappa shape index (κ1) is 13.2. The minimum atomic E-state index is 0.0195. The number of ether oxygens (including phenoxy) is 1. The Bertz CT molecular complexity index is 718. The number of hydrogen-bond acceptors (Lipinski definition) is 6. The molecule has 9 heteroatoms. The Labute approximate surface area is 132 Å². The van der Waals surface area contributed by atoms with Crippen molar-refractivity contribution in [3.05, 3.63) is 45.8 Å². The lowest BCUT2D eigenvalue weighted by Gasteiger charge is -2.05. The third kappa shape index (κ3) is 3.02. The second-order valence-corrected chi connectivity index (χ2v) is 5.17. The molecule has 3 aromatic rings. The van der Waals surface area contributed by atoms with Gasteiger partial charge in [-0.3, -0.25) is 0 Å². The first-order chi connectivity index (χ1) is 9.70. The minimum absolute atomic E-state index is 0.0195. The molecule has 0 fully saturated rings. The van der Waals surface area contributed by atoms with Crippen LogP contribution in [0.4, 0.5) is 0 Å². The highest BCUT2D eigenvalue weighted by molar-refractivity contribution is 14.1. The van der Waals surface area contributed by atoms with Gasteiger partial charge in [0.05, 0.1) is 0 Å². The summed E-state index contributed by atoms with van der Waals surface area (Å²) >= 11 is 8.06. The fraction of sp³-hybridized carbons (Fsp3) is 0. The van der Waals surface area contributed by atoms with E-state index < -0.39 is 0 Å². The molecule has 0 aliphatic rings. The van der Waals surface area contributed by atoms with Crippen molar-refractivity contribution >= 4 is 34.2 Å². The van der Waals surface area contributed by atoms with Crippen LogP contribution in [0, 0.1) is 3.57 Å². The van der Waals surface area contributed by atoms with Gasteiger partial charge in [0.25, 0.3) is 5.95 Å². The van der Waals surface area contributed by atoms with Crippen molar-refractivity contribution in [3.63, 3.8) is 0 Å². The number of nitrogens with zero attached hydrogens (tertiary/aromatic N) is 6. The fourth-order valence-corrected chi connectivity index (χ4v) is 1.90. The van der Waals surface area contributed by atoms with Gasteiger partial charge in [-0.2, -0.15) is 24.7 Å². The Kier molecular flexibility index (Phi) is 3.74. The van der Waals surface area contributed by atoms with Crippen LogP contribution in [0.5, 0.6) is 11.8 Å². The maximum atomic E-state index is 5.85. The van der Waals surface area contributed by atoms with Crippen molar-refractivity contribution in [2.24, 2.45) is 0 Å². The Morgan fingerprint density at radius 1 is 1.10 bits per heavy atom. The van der Waals surface area contributed by atoms with E-state index >= 15 is 0 Å². The monoisotopic (exact) mass is 400 g/mol. The maximum absolute atomic E-state index is 5.85. The molecule has 2 aromatic heterocycles. The molecule has 2 heterocycles. The molecule has 0 unspecified atom stereocenters. The standard InChI is InChI=1S/C11H6ClIN6O/c12-9-16-10(19-6-14-5-15-19)18-11(17-9)20-8-3-1-7(13)2-4-8/h1-6H. The molecule has 0 atom stereocenters. The van der Waals surface area contributed by atoms with Crippen LogP contribution in [0.1, 0.15) is 0 Å². The molecule has 1 aromatic carbocycles. The molecule has 3 rings (SSSR count). The van der Waals surface area contributed by atoms with E-state index in [1.165, 1.54) is 17.3 Å². The van der Waals surface area contributed by atoms with Gasteiger partial charge >= 0.3 is 6.01 Å². The lowest BCUT2D eigenvalue weighted by atomic mass is 10.3. The number of hydrogen-bond donors (Lipinski definition) is 0. The number of benzene rings is 1. The van der Waals surface area contributed by atoms with Gasteiger partial charge in [0.15, 0.2) is 0 Å². The highest BCUT2D eigenvalue weighted by Gasteiger charge is 2.09. The molecule has 0 amide bonds. The summed E-state index contributed by atoms with van der Waals surface area (Å²) in [4.78, 5) is 15.8. The Hall–Kier alpha value is -1.81. The van der Waals surface area contributed by atoms with Gasteiger partial charge in [-0.05, 0) is 58.5 Å². The minimum Gasteiger partial charge on any atom is -0.424 e. The number of rotatable bonds is 3. The second-order valence-electron chi connectivity index (χ2n) is 3.58. The van der Waals surface area contributed by atoms with Crippen LogP contribution in [-0.4, -0.2) is 29.7 Å². The van der Waals surface area contributed by atoms with Crippen LogP contribution in [-0.2, 0) is 0 Å². The van der Waals surface area contributed by atoms with Gasteiger partial charge in [-0.1, -0.05) is 0 Å². The van der Waals surface area contributed by atoms with E-state index in [9.17, 15) is 0 Å². The highest BCUT2D eigenvalue weighted by Crippen LogP contribution is 2.20. The smallest absolute Gasteiger partial charge is 0.328 e. The highest BCUT2D eigenvalue weighted by atomic mass is 127. The molecule has 0 spiro atoms. The van der Waals surface area contributed by atoms with Crippen LogP contribution in [0.2, 0.25) is 5.28 Å². The van der Waals surface area contributed by atoms with E-state index in [-0.39, 0.29) is 17.2 Å². The molecule has 0 bridgehead atoms. The average molecular weight is 401 g/mol.